The number of hydrogen-bond donors (Lipinski definition) is 2. The number of hydrogen-bond acceptors (Lipinski definition) is 5. The summed E-state index contributed by atoms with van der Waals surface area (Å²) >= 11 is 1.78. The fourth-order valence-electron chi connectivity index (χ4n) is 2.92. The van der Waals surface area contributed by atoms with Crippen LogP contribution in [-0.4, -0.2) is 28.3 Å². The maximum absolute atomic E-state index is 5.71. The van der Waals surface area contributed by atoms with Gasteiger partial charge in [-0.2, -0.15) is 5.10 Å². The summed E-state index contributed by atoms with van der Waals surface area (Å²) in [6.07, 6.45) is 2.19. The van der Waals surface area contributed by atoms with Crippen molar-refractivity contribution in [1.29, 1.82) is 0 Å². The Morgan fingerprint density at radius 3 is 2.76 bits per heavy atom. The summed E-state index contributed by atoms with van der Waals surface area (Å²) in [6, 6.07) is 10.3. The molecule has 1 fully saturated rings. The van der Waals surface area contributed by atoms with Crippen molar-refractivity contribution in [1.82, 2.24) is 15.2 Å². The zero-order valence-electron chi connectivity index (χ0n) is 11.6. The largest absolute Gasteiger partial charge is 0.384 e. The van der Waals surface area contributed by atoms with Crippen molar-refractivity contribution in [3.63, 3.8) is 0 Å². The molecule has 0 radical (unpaired) electrons. The third-order valence-corrected chi connectivity index (χ3v) is 5.18. The number of H-pyrrole nitrogens is 1. The second-order valence-corrected chi connectivity index (χ2v) is 6.48. The van der Waals surface area contributed by atoms with Crippen molar-refractivity contribution in [3.05, 3.63) is 36.0 Å². The lowest BCUT2D eigenvalue weighted by Crippen LogP contribution is -2.32. The molecule has 0 bridgehead atoms. The van der Waals surface area contributed by atoms with Gasteiger partial charge in [-0.05, 0) is 25.0 Å². The van der Waals surface area contributed by atoms with Crippen LogP contribution in [0.1, 0.15) is 24.5 Å². The molecular formula is C15H17N5S. The molecular weight excluding hydrogens is 282 g/mol. The first-order valence-corrected chi connectivity index (χ1v) is 8.02. The average molecular weight is 299 g/mol. The minimum absolute atomic E-state index is 0.504. The van der Waals surface area contributed by atoms with Gasteiger partial charge in [-0.1, -0.05) is 23.5 Å². The molecule has 0 spiro atoms. The standard InChI is InChI=1S/C15H17N5S/c16-14-9-12(18-19-14)10-5-7-20(8-6-10)15-17-11-3-1-2-4-13(11)21-15/h1-4,9-10H,5-8H2,(H3,16,18,19). The summed E-state index contributed by atoms with van der Waals surface area (Å²) in [4.78, 5) is 7.13. The minimum atomic E-state index is 0.504. The lowest BCUT2D eigenvalue weighted by Gasteiger charge is -2.30. The van der Waals surface area contributed by atoms with Gasteiger partial charge < -0.3 is 10.6 Å². The molecule has 2 aromatic heterocycles. The second-order valence-electron chi connectivity index (χ2n) is 5.47. The predicted molar refractivity (Wildman–Crippen MR) is 86.8 cm³/mol. The number of thiazole rings is 1. The highest BCUT2D eigenvalue weighted by molar-refractivity contribution is 7.22. The minimum Gasteiger partial charge on any atom is -0.384 e. The van der Waals surface area contributed by atoms with E-state index in [1.165, 1.54) is 4.70 Å². The van der Waals surface area contributed by atoms with E-state index in [9.17, 15) is 0 Å². The van der Waals surface area contributed by atoms with Crippen LogP contribution < -0.4 is 10.6 Å². The number of piperidine rings is 1. The van der Waals surface area contributed by atoms with Crippen LogP contribution in [0.5, 0.6) is 0 Å². The van der Waals surface area contributed by atoms with Crippen molar-refractivity contribution >= 4 is 32.5 Å². The van der Waals surface area contributed by atoms with Gasteiger partial charge in [0.1, 0.15) is 5.82 Å². The Labute approximate surface area is 126 Å². The van der Waals surface area contributed by atoms with Gasteiger partial charge >= 0.3 is 0 Å². The molecule has 3 heterocycles. The topological polar surface area (TPSA) is 70.8 Å². The zero-order valence-corrected chi connectivity index (χ0v) is 12.4. The highest BCUT2D eigenvalue weighted by Gasteiger charge is 2.24. The lowest BCUT2D eigenvalue weighted by molar-refractivity contribution is 0.495. The summed E-state index contributed by atoms with van der Waals surface area (Å²) in [5.74, 6) is 1.16. The molecule has 4 rings (SSSR count). The fraction of sp³-hybridized carbons (Fsp3) is 0.333. The molecule has 3 N–H and O–H groups in total. The van der Waals surface area contributed by atoms with E-state index in [1.807, 2.05) is 12.1 Å². The fourth-order valence-corrected chi connectivity index (χ4v) is 3.94. The number of nitrogens with one attached hydrogen (secondary N) is 1. The Hall–Kier alpha value is -2.08. The van der Waals surface area contributed by atoms with E-state index in [0.717, 1.165) is 42.3 Å². The van der Waals surface area contributed by atoms with Crippen LogP contribution >= 0.6 is 11.3 Å². The van der Waals surface area contributed by atoms with E-state index < -0.39 is 0 Å². The van der Waals surface area contributed by atoms with Gasteiger partial charge in [0.2, 0.25) is 0 Å². The quantitative estimate of drug-likeness (QED) is 0.763. The summed E-state index contributed by atoms with van der Waals surface area (Å²) < 4.78 is 1.26. The number of nitrogen functional groups attached to an aromatic ring is 1. The van der Waals surface area contributed by atoms with E-state index >= 15 is 0 Å². The number of aromatic amines is 1. The van der Waals surface area contributed by atoms with Gasteiger partial charge in [-0.25, -0.2) is 4.98 Å². The van der Waals surface area contributed by atoms with Gasteiger partial charge in [-0.3, -0.25) is 5.10 Å². The Kier molecular flexibility index (Phi) is 3.03. The Bertz CT molecular complexity index is 721. The number of fused-ring (bicyclic) bond motifs is 1. The molecule has 1 aliphatic heterocycles. The molecule has 0 saturated carbocycles. The van der Waals surface area contributed by atoms with Gasteiger partial charge in [0, 0.05) is 25.1 Å². The molecule has 5 nitrogen and oxygen atoms in total. The van der Waals surface area contributed by atoms with Gasteiger partial charge in [-0.15, -0.1) is 0 Å². The highest BCUT2D eigenvalue weighted by atomic mass is 32.1. The third-order valence-electron chi connectivity index (χ3n) is 4.08. The highest BCUT2D eigenvalue weighted by Crippen LogP contribution is 2.34. The van der Waals surface area contributed by atoms with Crippen LogP contribution in [0.2, 0.25) is 0 Å². The van der Waals surface area contributed by atoms with Crippen molar-refractivity contribution in [2.75, 3.05) is 23.7 Å². The summed E-state index contributed by atoms with van der Waals surface area (Å²) in [7, 11) is 0. The molecule has 3 aromatic rings. The molecule has 0 unspecified atom stereocenters. The average Bonchev–Trinajstić information content (AvgIpc) is 3.13. The molecule has 0 amide bonds. The summed E-state index contributed by atoms with van der Waals surface area (Å²) in [6.45, 7) is 2.05. The predicted octanol–water partition coefficient (Wildman–Crippen LogP) is 2.99. The number of para-hydroxylation sites is 1. The Balaban J connectivity index is 1.49. The van der Waals surface area contributed by atoms with E-state index in [0.29, 0.717) is 11.7 Å². The van der Waals surface area contributed by atoms with Crippen LogP contribution in [0, 0.1) is 0 Å². The molecule has 0 aliphatic carbocycles. The first kappa shape index (κ1) is 12.6. The van der Waals surface area contributed by atoms with Crippen LogP contribution in [-0.2, 0) is 0 Å². The van der Waals surface area contributed by atoms with Crippen LogP contribution in [0.15, 0.2) is 30.3 Å². The van der Waals surface area contributed by atoms with Crippen LogP contribution in [0.25, 0.3) is 10.2 Å². The van der Waals surface area contributed by atoms with Crippen molar-refractivity contribution in [3.8, 4) is 0 Å². The van der Waals surface area contributed by atoms with Crippen LogP contribution in [0.4, 0.5) is 10.9 Å². The number of benzene rings is 1. The smallest absolute Gasteiger partial charge is 0.186 e. The Morgan fingerprint density at radius 2 is 2.05 bits per heavy atom. The van der Waals surface area contributed by atoms with E-state index in [1.54, 1.807) is 11.3 Å². The van der Waals surface area contributed by atoms with Crippen LogP contribution in [0.3, 0.4) is 0 Å². The molecule has 1 aromatic carbocycles. The van der Waals surface area contributed by atoms with E-state index in [4.69, 9.17) is 10.7 Å². The van der Waals surface area contributed by atoms with E-state index in [-0.39, 0.29) is 0 Å². The molecule has 108 valence electrons. The number of rotatable bonds is 2. The molecule has 0 atom stereocenters. The summed E-state index contributed by atoms with van der Waals surface area (Å²) in [5, 5.41) is 8.26. The second kappa shape index (κ2) is 5.04. The van der Waals surface area contributed by atoms with Crippen molar-refractivity contribution < 1.29 is 0 Å². The number of nitrogens with zero attached hydrogens (tertiary/aromatic N) is 3. The number of aromatic nitrogens is 3. The maximum Gasteiger partial charge on any atom is 0.186 e. The van der Waals surface area contributed by atoms with Crippen molar-refractivity contribution in [2.45, 2.75) is 18.8 Å². The molecule has 1 saturated heterocycles. The van der Waals surface area contributed by atoms with Crippen molar-refractivity contribution in [2.24, 2.45) is 0 Å². The van der Waals surface area contributed by atoms with Gasteiger partial charge in [0.05, 0.1) is 15.9 Å². The molecule has 1 aliphatic rings. The lowest BCUT2D eigenvalue weighted by atomic mass is 9.94. The monoisotopic (exact) mass is 299 g/mol. The maximum atomic E-state index is 5.71. The SMILES string of the molecule is Nc1cc(C2CCN(c3nc4ccccc4s3)CC2)n[nH]1. The molecule has 21 heavy (non-hydrogen) atoms. The van der Waals surface area contributed by atoms with Gasteiger partial charge in [0.15, 0.2) is 5.13 Å². The van der Waals surface area contributed by atoms with E-state index in [2.05, 4.69) is 33.3 Å². The summed E-state index contributed by atoms with van der Waals surface area (Å²) in [5.41, 5.74) is 7.90. The molecule has 6 heteroatoms. The normalized spacial score (nSPS) is 16.7. The zero-order chi connectivity index (χ0) is 14.2. The number of nitrogens with two attached hydrogens (primary N) is 1. The Morgan fingerprint density at radius 1 is 1.24 bits per heavy atom. The van der Waals surface area contributed by atoms with Gasteiger partial charge in [0.25, 0.3) is 0 Å². The number of anilines is 2. The third kappa shape index (κ3) is 2.35. The first-order chi connectivity index (χ1) is 10.3. The first-order valence-electron chi connectivity index (χ1n) is 7.21.